The van der Waals surface area contributed by atoms with E-state index < -0.39 is 5.60 Å². The summed E-state index contributed by atoms with van der Waals surface area (Å²) in [6.07, 6.45) is 1.77. The highest BCUT2D eigenvalue weighted by Gasteiger charge is 2.21. The first-order valence-corrected chi connectivity index (χ1v) is 10.2. The van der Waals surface area contributed by atoms with Crippen LogP contribution in [0.25, 0.3) is 21.9 Å². The standard InChI is InChI=1S/C24H27N3O3/c1-4-29-15-22-26-21-13-25-20-12-18(30-14-17-8-6-5-7-9-17)10-11-19(20)23(21)27(22)16-24(2,3)28/h5-13,28H,4,14-16H2,1-3H3. The van der Waals surface area contributed by atoms with Crippen molar-refractivity contribution in [2.45, 2.75) is 46.1 Å². The van der Waals surface area contributed by atoms with Crippen molar-refractivity contribution in [2.24, 2.45) is 0 Å². The monoisotopic (exact) mass is 405 g/mol. The van der Waals surface area contributed by atoms with E-state index in [1.165, 1.54) is 0 Å². The van der Waals surface area contributed by atoms with Crippen LogP contribution in [-0.4, -0.2) is 31.8 Å². The minimum absolute atomic E-state index is 0.390. The largest absolute Gasteiger partial charge is 0.489 e. The van der Waals surface area contributed by atoms with Gasteiger partial charge in [-0.1, -0.05) is 30.3 Å². The smallest absolute Gasteiger partial charge is 0.136 e. The highest BCUT2D eigenvalue weighted by molar-refractivity contribution is 6.02. The van der Waals surface area contributed by atoms with Crippen LogP contribution in [-0.2, 0) is 24.5 Å². The summed E-state index contributed by atoms with van der Waals surface area (Å²) in [7, 11) is 0. The number of nitrogens with zero attached hydrogens (tertiary/aromatic N) is 3. The van der Waals surface area contributed by atoms with Crippen molar-refractivity contribution in [1.82, 2.24) is 14.5 Å². The molecule has 4 rings (SSSR count). The number of hydrogen-bond donors (Lipinski definition) is 1. The Bertz CT molecular complexity index is 1150. The van der Waals surface area contributed by atoms with Gasteiger partial charge in [-0.3, -0.25) is 4.98 Å². The van der Waals surface area contributed by atoms with E-state index in [2.05, 4.69) is 4.98 Å². The summed E-state index contributed by atoms with van der Waals surface area (Å²) in [6, 6.07) is 16.0. The van der Waals surface area contributed by atoms with Crippen LogP contribution in [0, 0.1) is 0 Å². The molecule has 0 spiro atoms. The lowest BCUT2D eigenvalue weighted by molar-refractivity contribution is 0.0582. The Balaban J connectivity index is 1.73. The van der Waals surface area contributed by atoms with Crippen LogP contribution < -0.4 is 4.74 Å². The molecule has 0 amide bonds. The lowest BCUT2D eigenvalue weighted by atomic mass is 10.1. The fraction of sp³-hybridized carbons (Fsp3) is 0.333. The second kappa shape index (κ2) is 8.42. The molecule has 0 atom stereocenters. The molecule has 0 aliphatic heterocycles. The molecular weight excluding hydrogens is 378 g/mol. The van der Waals surface area contributed by atoms with Gasteiger partial charge in [0.15, 0.2) is 0 Å². The average Bonchev–Trinajstić information content (AvgIpc) is 3.07. The number of pyridine rings is 1. The second-order valence-electron chi connectivity index (χ2n) is 8.01. The Morgan fingerprint density at radius 3 is 2.57 bits per heavy atom. The third-order valence-corrected chi connectivity index (χ3v) is 4.85. The number of ether oxygens (including phenoxy) is 2. The van der Waals surface area contributed by atoms with E-state index in [1.807, 2.05) is 60.0 Å². The summed E-state index contributed by atoms with van der Waals surface area (Å²) in [5.41, 5.74) is 2.80. The number of fused-ring (bicyclic) bond motifs is 3. The minimum atomic E-state index is -0.886. The van der Waals surface area contributed by atoms with Crippen molar-refractivity contribution < 1.29 is 14.6 Å². The van der Waals surface area contributed by atoms with Crippen LogP contribution in [0.3, 0.4) is 0 Å². The zero-order chi connectivity index (χ0) is 21.1. The Kier molecular flexibility index (Phi) is 5.70. The summed E-state index contributed by atoms with van der Waals surface area (Å²) in [4.78, 5) is 9.31. The van der Waals surface area contributed by atoms with Gasteiger partial charge in [0.2, 0.25) is 0 Å². The minimum Gasteiger partial charge on any atom is -0.489 e. The molecule has 0 fully saturated rings. The van der Waals surface area contributed by atoms with Gasteiger partial charge in [-0.2, -0.15) is 0 Å². The van der Waals surface area contributed by atoms with Gasteiger partial charge in [0, 0.05) is 18.1 Å². The van der Waals surface area contributed by atoms with E-state index in [0.717, 1.165) is 39.1 Å². The van der Waals surface area contributed by atoms with Crippen LogP contribution in [0.5, 0.6) is 5.75 Å². The second-order valence-corrected chi connectivity index (χ2v) is 8.01. The Hall–Kier alpha value is -2.96. The average molecular weight is 405 g/mol. The Morgan fingerprint density at radius 2 is 1.83 bits per heavy atom. The molecule has 6 heteroatoms. The zero-order valence-corrected chi connectivity index (χ0v) is 17.6. The molecule has 0 unspecified atom stereocenters. The SMILES string of the molecule is CCOCc1nc2cnc3cc(OCc4ccccc4)ccc3c2n1CC(C)(C)O. The van der Waals surface area contributed by atoms with E-state index >= 15 is 0 Å². The Morgan fingerprint density at radius 1 is 1.03 bits per heavy atom. The third kappa shape index (κ3) is 4.45. The summed E-state index contributed by atoms with van der Waals surface area (Å²) in [5.74, 6) is 1.55. The zero-order valence-electron chi connectivity index (χ0n) is 17.6. The fourth-order valence-electron chi connectivity index (χ4n) is 3.53. The molecular formula is C24H27N3O3. The van der Waals surface area contributed by atoms with Gasteiger partial charge in [-0.15, -0.1) is 0 Å². The van der Waals surface area contributed by atoms with Crippen LogP contribution in [0.2, 0.25) is 0 Å². The molecule has 0 aliphatic rings. The van der Waals surface area contributed by atoms with Gasteiger partial charge in [0.05, 0.1) is 29.4 Å². The van der Waals surface area contributed by atoms with Gasteiger partial charge in [-0.25, -0.2) is 4.98 Å². The lowest BCUT2D eigenvalue weighted by Crippen LogP contribution is -2.27. The molecule has 6 nitrogen and oxygen atoms in total. The molecule has 30 heavy (non-hydrogen) atoms. The van der Waals surface area contributed by atoms with Crippen LogP contribution in [0.4, 0.5) is 0 Å². The van der Waals surface area contributed by atoms with Crippen molar-refractivity contribution in [1.29, 1.82) is 0 Å². The fourth-order valence-corrected chi connectivity index (χ4v) is 3.53. The molecule has 0 radical (unpaired) electrons. The van der Waals surface area contributed by atoms with Gasteiger partial charge in [-0.05, 0) is 38.5 Å². The predicted molar refractivity (Wildman–Crippen MR) is 117 cm³/mol. The van der Waals surface area contributed by atoms with E-state index in [9.17, 15) is 5.11 Å². The summed E-state index contributed by atoms with van der Waals surface area (Å²) in [6.45, 7) is 7.45. The molecule has 2 aromatic heterocycles. The quantitative estimate of drug-likeness (QED) is 0.468. The van der Waals surface area contributed by atoms with Crippen molar-refractivity contribution >= 4 is 21.9 Å². The van der Waals surface area contributed by atoms with Gasteiger partial charge >= 0.3 is 0 Å². The summed E-state index contributed by atoms with van der Waals surface area (Å²) >= 11 is 0. The van der Waals surface area contributed by atoms with Crippen molar-refractivity contribution in [2.75, 3.05) is 6.61 Å². The number of imidazole rings is 1. The van der Waals surface area contributed by atoms with E-state index in [4.69, 9.17) is 14.5 Å². The summed E-state index contributed by atoms with van der Waals surface area (Å²) in [5, 5.41) is 11.4. The first kappa shape index (κ1) is 20.3. The third-order valence-electron chi connectivity index (χ3n) is 4.85. The van der Waals surface area contributed by atoms with Crippen molar-refractivity contribution in [3.8, 4) is 5.75 Å². The highest BCUT2D eigenvalue weighted by Crippen LogP contribution is 2.29. The molecule has 0 saturated carbocycles. The van der Waals surface area contributed by atoms with E-state index in [0.29, 0.717) is 26.4 Å². The molecule has 0 aliphatic carbocycles. The van der Waals surface area contributed by atoms with Crippen molar-refractivity contribution in [3.63, 3.8) is 0 Å². The molecule has 0 saturated heterocycles. The van der Waals surface area contributed by atoms with Gasteiger partial charge in [0.1, 0.15) is 30.3 Å². The number of aliphatic hydroxyl groups is 1. The maximum absolute atomic E-state index is 10.5. The molecule has 4 aromatic rings. The van der Waals surface area contributed by atoms with Crippen LogP contribution >= 0.6 is 0 Å². The number of aromatic nitrogens is 3. The maximum atomic E-state index is 10.5. The van der Waals surface area contributed by atoms with Gasteiger partial charge in [0.25, 0.3) is 0 Å². The first-order chi connectivity index (χ1) is 14.4. The number of hydrogen-bond acceptors (Lipinski definition) is 5. The first-order valence-electron chi connectivity index (χ1n) is 10.2. The number of rotatable bonds is 8. The molecule has 1 N–H and O–H groups in total. The molecule has 2 aromatic carbocycles. The summed E-state index contributed by atoms with van der Waals surface area (Å²) < 4.78 is 13.6. The highest BCUT2D eigenvalue weighted by atomic mass is 16.5. The molecule has 0 bridgehead atoms. The van der Waals surface area contributed by atoms with E-state index in [1.54, 1.807) is 20.0 Å². The maximum Gasteiger partial charge on any atom is 0.136 e. The lowest BCUT2D eigenvalue weighted by Gasteiger charge is -2.20. The van der Waals surface area contributed by atoms with Crippen LogP contribution in [0.15, 0.2) is 54.7 Å². The van der Waals surface area contributed by atoms with Crippen molar-refractivity contribution in [3.05, 3.63) is 66.1 Å². The normalized spacial score (nSPS) is 12.0. The molecule has 2 heterocycles. The molecule has 156 valence electrons. The number of benzene rings is 2. The van der Waals surface area contributed by atoms with Crippen LogP contribution in [0.1, 0.15) is 32.2 Å². The van der Waals surface area contributed by atoms with Gasteiger partial charge < -0.3 is 19.1 Å². The topological polar surface area (TPSA) is 69.4 Å². The predicted octanol–water partition coefficient (Wildman–Crippen LogP) is 4.47. The van der Waals surface area contributed by atoms with E-state index in [-0.39, 0.29) is 0 Å². The Labute approximate surface area is 176 Å².